The second kappa shape index (κ2) is 9.40. The van der Waals surface area contributed by atoms with E-state index in [1.54, 1.807) is 12.1 Å². The van der Waals surface area contributed by atoms with Gasteiger partial charge in [-0.3, -0.25) is 0 Å². The average Bonchev–Trinajstić information content (AvgIpc) is 2.69. The molecule has 0 aromatic heterocycles. The molecule has 0 bridgehead atoms. The van der Waals surface area contributed by atoms with E-state index in [4.69, 9.17) is 21.4 Å². The first-order valence-corrected chi connectivity index (χ1v) is 9.39. The van der Waals surface area contributed by atoms with Gasteiger partial charge in [0.25, 0.3) is 0 Å². The number of carboxylic acid groups (broad SMARTS) is 1. The summed E-state index contributed by atoms with van der Waals surface area (Å²) in [5.74, 6) is -0.129. The largest absolute Gasteiger partial charge is 0.489 e. The van der Waals surface area contributed by atoms with Crippen molar-refractivity contribution in [2.24, 2.45) is 0 Å². The second-order valence-corrected chi connectivity index (χ2v) is 7.01. The van der Waals surface area contributed by atoms with Crippen LogP contribution in [0.25, 0.3) is 0 Å². The maximum absolute atomic E-state index is 10.9. The first kappa shape index (κ1) is 19.9. The standard InChI is InChI=1S/C23H22ClNO3/c1-16-4-2-3-5-19(16)15-28-22-11-10-21(24)12-20(22)14-25-13-17-6-8-18(9-7-17)23(26)27/h2-12,25H,13-15H2,1H3,(H,26,27). The topological polar surface area (TPSA) is 58.6 Å². The van der Waals surface area contributed by atoms with Gasteiger partial charge in [-0.15, -0.1) is 0 Å². The molecular formula is C23H22ClNO3. The molecule has 0 atom stereocenters. The zero-order valence-corrected chi connectivity index (χ0v) is 16.4. The molecule has 0 saturated carbocycles. The third-order valence-electron chi connectivity index (χ3n) is 4.51. The number of halogens is 1. The fraction of sp³-hybridized carbons (Fsp3) is 0.174. The quantitative estimate of drug-likeness (QED) is 0.549. The highest BCUT2D eigenvalue weighted by atomic mass is 35.5. The van der Waals surface area contributed by atoms with Crippen molar-refractivity contribution in [2.75, 3.05) is 0 Å². The summed E-state index contributed by atoms with van der Waals surface area (Å²) in [5, 5.41) is 13.0. The summed E-state index contributed by atoms with van der Waals surface area (Å²) >= 11 is 6.16. The van der Waals surface area contributed by atoms with Crippen LogP contribution < -0.4 is 10.1 Å². The summed E-state index contributed by atoms with van der Waals surface area (Å²) in [7, 11) is 0. The second-order valence-electron chi connectivity index (χ2n) is 6.57. The molecule has 5 heteroatoms. The monoisotopic (exact) mass is 395 g/mol. The summed E-state index contributed by atoms with van der Waals surface area (Å²) < 4.78 is 6.04. The van der Waals surface area contributed by atoms with Gasteiger partial charge in [0.05, 0.1) is 5.56 Å². The van der Waals surface area contributed by atoms with Crippen LogP contribution in [0.4, 0.5) is 0 Å². The first-order chi connectivity index (χ1) is 13.5. The number of rotatable bonds is 8. The first-order valence-electron chi connectivity index (χ1n) is 9.01. The van der Waals surface area contributed by atoms with E-state index in [0.717, 1.165) is 22.4 Å². The van der Waals surface area contributed by atoms with E-state index in [1.807, 2.05) is 42.5 Å². The summed E-state index contributed by atoms with van der Waals surface area (Å²) in [4.78, 5) is 10.9. The van der Waals surface area contributed by atoms with E-state index >= 15 is 0 Å². The molecule has 28 heavy (non-hydrogen) atoms. The molecule has 0 aliphatic carbocycles. The number of carboxylic acids is 1. The van der Waals surface area contributed by atoms with Crippen LogP contribution in [0.3, 0.4) is 0 Å². The molecule has 4 nitrogen and oxygen atoms in total. The molecule has 0 aliphatic heterocycles. The van der Waals surface area contributed by atoms with Crippen LogP contribution >= 0.6 is 11.6 Å². The van der Waals surface area contributed by atoms with Crippen molar-refractivity contribution >= 4 is 17.6 Å². The highest BCUT2D eigenvalue weighted by molar-refractivity contribution is 6.30. The molecule has 2 N–H and O–H groups in total. The molecule has 0 spiro atoms. The summed E-state index contributed by atoms with van der Waals surface area (Å²) in [6.07, 6.45) is 0. The summed E-state index contributed by atoms with van der Waals surface area (Å²) in [6, 6.07) is 20.6. The number of hydrogen-bond acceptors (Lipinski definition) is 3. The van der Waals surface area contributed by atoms with Crippen LogP contribution in [-0.2, 0) is 19.7 Å². The van der Waals surface area contributed by atoms with Gasteiger partial charge in [0, 0.05) is 23.7 Å². The fourth-order valence-electron chi connectivity index (χ4n) is 2.86. The molecule has 0 fully saturated rings. The molecule has 0 unspecified atom stereocenters. The number of carbonyl (C=O) groups is 1. The molecule has 144 valence electrons. The SMILES string of the molecule is Cc1ccccc1COc1ccc(Cl)cc1CNCc1ccc(C(=O)O)cc1. The zero-order chi connectivity index (χ0) is 19.9. The average molecular weight is 396 g/mol. The Bertz CT molecular complexity index is 954. The number of benzene rings is 3. The lowest BCUT2D eigenvalue weighted by Crippen LogP contribution is -2.14. The maximum Gasteiger partial charge on any atom is 0.335 e. The van der Waals surface area contributed by atoms with Gasteiger partial charge in [-0.1, -0.05) is 48.0 Å². The molecule has 0 amide bonds. The van der Waals surface area contributed by atoms with E-state index in [-0.39, 0.29) is 5.56 Å². The van der Waals surface area contributed by atoms with E-state index in [1.165, 1.54) is 5.56 Å². The van der Waals surface area contributed by atoms with Gasteiger partial charge >= 0.3 is 5.97 Å². The van der Waals surface area contributed by atoms with Crippen LogP contribution in [-0.4, -0.2) is 11.1 Å². The summed E-state index contributed by atoms with van der Waals surface area (Å²) in [5.41, 5.74) is 4.61. The number of nitrogens with one attached hydrogen (secondary N) is 1. The molecule has 0 saturated heterocycles. The van der Waals surface area contributed by atoms with Crippen LogP contribution in [0.1, 0.15) is 32.6 Å². The van der Waals surface area contributed by atoms with Gasteiger partial charge in [0.15, 0.2) is 0 Å². The Kier molecular flexibility index (Phi) is 6.69. The molecule has 3 aromatic rings. The minimum atomic E-state index is -0.922. The number of hydrogen-bond donors (Lipinski definition) is 2. The van der Waals surface area contributed by atoms with Gasteiger partial charge in [-0.05, 0) is 53.9 Å². The van der Waals surface area contributed by atoms with E-state index in [0.29, 0.717) is 24.7 Å². The Balaban J connectivity index is 1.62. The third-order valence-corrected chi connectivity index (χ3v) is 4.75. The molecular weight excluding hydrogens is 374 g/mol. The van der Waals surface area contributed by atoms with Crippen LogP contribution in [0.15, 0.2) is 66.7 Å². The minimum Gasteiger partial charge on any atom is -0.489 e. The van der Waals surface area contributed by atoms with Gasteiger partial charge < -0.3 is 15.2 Å². The van der Waals surface area contributed by atoms with Gasteiger partial charge in [0.2, 0.25) is 0 Å². The maximum atomic E-state index is 10.9. The summed E-state index contributed by atoms with van der Waals surface area (Å²) in [6.45, 7) is 3.77. The van der Waals surface area contributed by atoms with Gasteiger partial charge in [-0.2, -0.15) is 0 Å². The van der Waals surface area contributed by atoms with Gasteiger partial charge in [-0.25, -0.2) is 4.79 Å². The smallest absolute Gasteiger partial charge is 0.335 e. The van der Waals surface area contributed by atoms with Crippen LogP contribution in [0.2, 0.25) is 5.02 Å². The van der Waals surface area contributed by atoms with Crippen molar-refractivity contribution in [1.29, 1.82) is 0 Å². The Morgan fingerprint density at radius 1 is 1.00 bits per heavy atom. The van der Waals surface area contributed by atoms with Crippen molar-refractivity contribution in [3.63, 3.8) is 0 Å². The van der Waals surface area contributed by atoms with Gasteiger partial charge in [0.1, 0.15) is 12.4 Å². The number of aromatic carboxylic acids is 1. The molecule has 0 radical (unpaired) electrons. The Morgan fingerprint density at radius 3 is 2.46 bits per heavy atom. The lowest BCUT2D eigenvalue weighted by atomic mass is 10.1. The Morgan fingerprint density at radius 2 is 1.75 bits per heavy atom. The van der Waals surface area contributed by atoms with Crippen molar-refractivity contribution in [3.05, 3.63) is 99.6 Å². The fourth-order valence-corrected chi connectivity index (χ4v) is 3.06. The van der Waals surface area contributed by atoms with Crippen molar-refractivity contribution in [3.8, 4) is 5.75 Å². The van der Waals surface area contributed by atoms with E-state index in [9.17, 15) is 4.79 Å². The molecule has 3 rings (SSSR count). The molecule has 0 aliphatic rings. The Labute approximate surface area is 169 Å². The molecule has 3 aromatic carbocycles. The minimum absolute atomic E-state index is 0.283. The third kappa shape index (κ3) is 5.35. The lowest BCUT2D eigenvalue weighted by Gasteiger charge is -2.14. The number of ether oxygens (including phenoxy) is 1. The predicted octanol–water partition coefficient (Wildman–Crippen LogP) is 5.22. The normalized spacial score (nSPS) is 10.6. The Hall–Kier alpha value is -2.82. The zero-order valence-electron chi connectivity index (χ0n) is 15.6. The number of aryl methyl sites for hydroxylation is 1. The molecule has 0 heterocycles. The van der Waals surface area contributed by atoms with Crippen molar-refractivity contribution in [1.82, 2.24) is 5.32 Å². The predicted molar refractivity (Wildman–Crippen MR) is 111 cm³/mol. The van der Waals surface area contributed by atoms with Crippen molar-refractivity contribution in [2.45, 2.75) is 26.6 Å². The van der Waals surface area contributed by atoms with Crippen molar-refractivity contribution < 1.29 is 14.6 Å². The lowest BCUT2D eigenvalue weighted by molar-refractivity contribution is 0.0697. The van der Waals surface area contributed by atoms with Crippen LogP contribution in [0.5, 0.6) is 5.75 Å². The highest BCUT2D eigenvalue weighted by Crippen LogP contribution is 2.24. The van der Waals surface area contributed by atoms with E-state index < -0.39 is 5.97 Å². The highest BCUT2D eigenvalue weighted by Gasteiger charge is 2.07. The van der Waals surface area contributed by atoms with Crippen LogP contribution in [0, 0.1) is 6.92 Å². The van der Waals surface area contributed by atoms with E-state index in [2.05, 4.69) is 24.4 Å².